The molecule has 0 heterocycles. The summed E-state index contributed by atoms with van der Waals surface area (Å²) in [4.78, 5) is 0. The Morgan fingerprint density at radius 3 is 0.595 bits per heavy atom. The minimum atomic E-state index is -1.97. The molecule has 0 radical (unpaired) electrons. The van der Waals surface area contributed by atoms with E-state index < -0.39 is 5.96 Å². The van der Waals surface area contributed by atoms with E-state index >= 15 is 0 Å². The molecule has 0 aromatic carbocycles. The fourth-order valence-electron chi connectivity index (χ4n) is 7.08. The van der Waals surface area contributed by atoms with E-state index in [9.17, 15) is 0 Å². The molecule has 0 aliphatic carbocycles. The van der Waals surface area contributed by atoms with Gasteiger partial charge in [-0.15, -0.1) is 0 Å². The van der Waals surface area contributed by atoms with Crippen molar-refractivity contribution >= 4 is 17.2 Å². The van der Waals surface area contributed by atoms with E-state index in [4.69, 9.17) is 11.2 Å². The molecular weight excluding hydrogens is 547 g/mol. The van der Waals surface area contributed by atoms with Crippen molar-refractivity contribution in [3.63, 3.8) is 0 Å². The summed E-state index contributed by atoms with van der Waals surface area (Å²) < 4.78 is 0. The van der Waals surface area contributed by atoms with Crippen molar-refractivity contribution in [2.45, 2.75) is 233 Å². The summed E-state index contributed by atoms with van der Waals surface area (Å²) in [5, 5.41) is 0. The van der Waals surface area contributed by atoms with E-state index in [0.29, 0.717) is 0 Å². The third kappa shape index (κ3) is 27.1. The smallest absolute Gasteiger partial charge is 0.0654 e. The van der Waals surface area contributed by atoms with E-state index in [1.165, 1.54) is 230 Å². The average Bonchev–Trinajstić information content (AvgIpc) is 3.01. The molecule has 0 saturated heterocycles. The molecular formula is C40H84ClP. The summed E-state index contributed by atoms with van der Waals surface area (Å²) in [6.45, 7) is 9.44. The van der Waals surface area contributed by atoms with Gasteiger partial charge < -0.3 is 0 Å². The van der Waals surface area contributed by atoms with Gasteiger partial charge in [0.05, 0.1) is 0 Å². The van der Waals surface area contributed by atoms with Gasteiger partial charge in [0, 0.05) is 0 Å². The molecule has 0 saturated carbocycles. The second-order valence-corrected chi connectivity index (χ2v) is 23.2. The molecule has 256 valence electrons. The van der Waals surface area contributed by atoms with Crippen molar-refractivity contribution in [1.29, 1.82) is 0 Å². The van der Waals surface area contributed by atoms with Gasteiger partial charge in [-0.25, -0.2) is 0 Å². The molecule has 0 aliphatic heterocycles. The van der Waals surface area contributed by atoms with Gasteiger partial charge in [-0.1, -0.05) is 78.1 Å². The molecule has 0 fully saturated rings. The summed E-state index contributed by atoms with van der Waals surface area (Å²) in [7, 11) is 0. The zero-order chi connectivity index (χ0) is 30.9. The SMILES string of the molecule is CCCCCCCCCCCCCCCCCCP(Cl)(CC)(CC)CCCCCCCCCCCCCCCCCC. The first-order valence-corrected chi connectivity index (χ1v) is 24.1. The zero-order valence-electron chi connectivity index (χ0n) is 30.3. The summed E-state index contributed by atoms with van der Waals surface area (Å²) in [6, 6.07) is 0. The second-order valence-electron chi connectivity index (χ2n) is 14.5. The molecule has 0 atom stereocenters. The third-order valence-electron chi connectivity index (χ3n) is 10.7. The summed E-state index contributed by atoms with van der Waals surface area (Å²) in [6.07, 6.45) is 51.7. The average molecular weight is 632 g/mol. The molecule has 0 rings (SSSR count). The molecule has 0 nitrogen and oxygen atoms in total. The van der Waals surface area contributed by atoms with E-state index in [2.05, 4.69) is 27.7 Å². The van der Waals surface area contributed by atoms with E-state index in [1.54, 1.807) is 0 Å². The van der Waals surface area contributed by atoms with Gasteiger partial charge in [-0.05, 0) is 0 Å². The van der Waals surface area contributed by atoms with Gasteiger partial charge in [-0.3, -0.25) is 0 Å². The Bertz CT molecular complexity index is 474. The molecule has 42 heavy (non-hydrogen) atoms. The standard InChI is InChI=1S/C40H84ClP/c1-5-9-11-13-15-17-19-21-23-25-27-29-31-33-35-37-39-42(41,7-3,8-4)40-38-36-34-32-30-28-26-24-22-20-18-16-14-12-10-6-2/h5-40H2,1-4H3. The van der Waals surface area contributed by atoms with E-state index in [0.717, 1.165) is 0 Å². The van der Waals surface area contributed by atoms with Gasteiger partial charge in [0.15, 0.2) is 0 Å². The minimum Gasteiger partial charge on any atom is -0.0654 e. The molecule has 0 unspecified atom stereocenters. The Balaban J connectivity index is 3.64. The van der Waals surface area contributed by atoms with Crippen LogP contribution in [0.2, 0.25) is 0 Å². The number of halogens is 1. The van der Waals surface area contributed by atoms with Crippen LogP contribution in [0.15, 0.2) is 0 Å². The van der Waals surface area contributed by atoms with Crippen molar-refractivity contribution in [2.24, 2.45) is 0 Å². The molecule has 0 spiro atoms. The number of unbranched alkanes of at least 4 members (excludes halogenated alkanes) is 30. The van der Waals surface area contributed by atoms with Crippen molar-refractivity contribution in [3.8, 4) is 0 Å². The number of hydrogen-bond acceptors (Lipinski definition) is 0. The van der Waals surface area contributed by atoms with Crippen LogP contribution in [0.25, 0.3) is 0 Å². The molecule has 0 bridgehead atoms. The predicted octanol–water partition coefficient (Wildman–Crippen LogP) is 16.3. The van der Waals surface area contributed by atoms with Gasteiger partial charge in [0.1, 0.15) is 0 Å². The first kappa shape index (κ1) is 42.7. The van der Waals surface area contributed by atoms with Crippen molar-refractivity contribution in [2.75, 3.05) is 24.6 Å². The van der Waals surface area contributed by atoms with Crippen LogP contribution in [0.4, 0.5) is 0 Å². The fraction of sp³-hybridized carbons (Fsp3) is 1.00. The molecule has 0 amide bonds. The van der Waals surface area contributed by atoms with Gasteiger partial charge in [0.25, 0.3) is 0 Å². The van der Waals surface area contributed by atoms with Crippen molar-refractivity contribution in [3.05, 3.63) is 0 Å². The number of hydrogen-bond donors (Lipinski definition) is 0. The maximum atomic E-state index is 7.63. The summed E-state index contributed by atoms with van der Waals surface area (Å²) >= 11 is 7.63. The van der Waals surface area contributed by atoms with Gasteiger partial charge >= 0.3 is 197 Å². The van der Waals surface area contributed by atoms with Crippen LogP contribution in [-0.4, -0.2) is 24.6 Å². The van der Waals surface area contributed by atoms with Crippen molar-refractivity contribution < 1.29 is 0 Å². The van der Waals surface area contributed by atoms with Gasteiger partial charge in [0.2, 0.25) is 0 Å². The Hall–Kier alpha value is 0.720. The fourth-order valence-corrected chi connectivity index (χ4v) is 11.8. The van der Waals surface area contributed by atoms with E-state index in [-0.39, 0.29) is 0 Å². The minimum absolute atomic E-state index is 1.27. The van der Waals surface area contributed by atoms with Crippen LogP contribution in [0.3, 0.4) is 0 Å². The Labute approximate surface area is 274 Å². The second kappa shape index (κ2) is 31.7. The monoisotopic (exact) mass is 631 g/mol. The quantitative estimate of drug-likeness (QED) is 0.0477. The van der Waals surface area contributed by atoms with Crippen LogP contribution in [-0.2, 0) is 0 Å². The maximum absolute atomic E-state index is 7.63. The summed E-state index contributed by atoms with van der Waals surface area (Å²) in [5.41, 5.74) is 0. The Morgan fingerprint density at radius 2 is 0.429 bits per heavy atom. The number of rotatable bonds is 36. The van der Waals surface area contributed by atoms with Crippen LogP contribution < -0.4 is 0 Å². The first-order chi connectivity index (χ1) is 20.5. The Kier molecular flexibility index (Phi) is 32.2. The summed E-state index contributed by atoms with van der Waals surface area (Å²) in [5.74, 6) is -1.97. The Morgan fingerprint density at radius 1 is 0.262 bits per heavy atom. The van der Waals surface area contributed by atoms with Crippen LogP contribution in [0, 0.1) is 0 Å². The molecule has 0 aliphatic rings. The molecule has 0 aromatic rings. The van der Waals surface area contributed by atoms with E-state index in [1.807, 2.05) is 0 Å². The van der Waals surface area contributed by atoms with Crippen LogP contribution in [0.1, 0.15) is 233 Å². The first-order valence-electron chi connectivity index (χ1n) is 20.3. The van der Waals surface area contributed by atoms with Crippen molar-refractivity contribution in [1.82, 2.24) is 0 Å². The van der Waals surface area contributed by atoms with Gasteiger partial charge in [-0.2, -0.15) is 0 Å². The third-order valence-corrected chi connectivity index (χ3v) is 19.2. The van der Waals surface area contributed by atoms with Crippen LogP contribution in [0.5, 0.6) is 0 Å². The molecule has 0 aromatic heterocycles. The van der Waals surface area contributed by atoms with Crippen LogP contribution >= 0.6 is 17.2 Å². The topological polar surface area (TPSA) is 0 Å². The molecule has 0 N–H and O–H groups in total. The normalized spacial score (nSPS) is 13.0. The molecule has 2 heteroatoms. The zero-order valence-corrected chi connectivity index (χ0v) is 31.9. The predicted molar refractivity (Wildman–Crippen MR) is 203 cm³/mol.